The number of ether oxygens (including phenoxy) is 1. The average Bonchev–Trinajstić information content (AvgIpc) is 3.34. The highest BCUT2D eigenvalue weighted by Gasteiger charge is 2.24. The number of aliphatic hydroxyl groups excluding tert-OH is 2. The number of nitrogens with one attached hydrogen (secondary N) is 1. The van der Waals surface area contributed by atoms with E-state index < -0.39 is 18.2 Å². The van der Waals surface area contributed by atoms with Crippen molar-refractivity contribution in [2.24, 2.45) is 0 Å². The Hall–Kier alpha value is -2.44. The fourth-order valence-corrected chi connectivity index (χ4v) is 9.11. The van der Waals surface area contributed by atoms with Gasteiger partial charge in [-0.15, -0.1) is 0 Å². The smallest absolute Gasteiger partial charge is 0.306 e. The van der Waals surface area contributed by atoms with Crippen molar-refractivity contribution >= 4 is 11.9 Å². The molecular formula is C63H115NO5. The fraction of sp³-hybridized carbons (Fsp3) is 0.810. The normalized spacial score (nSPS) is 13.5. The van der Waals surface area contributed by atoms with Crippen molar-refractivity contribution in [3.63, 3.8) is 0 Å². The van der Waals surface area contributed by atoms with Gasteiger partial charge in [0.25, 0.3) is 0 Å². The standard InChI is InChI=1S/C63H115NO5/c1-4-7-10-13-16-19-22-25-28-31-33-36-39-42-45-48-51-54-59(69-63(68)56-53-50-47-44-41-38-35-30-27-24-21-18-15-12-9-6-3)57-62(67)64-60(58-65)61(66)55-52-49-46-43-40-37-34-32-29-26-23-20-17-14-11-8-5-2/h7,10,16,19,25,28,33,36,42,45,59-61,65-66H,4-6,8-9,11-15,17-18,20-24,26-27,29-32,34-35,37-41,43-44,46-58H2,1-3H3,(H,64,67)/b10-7-,19-16-,28-25-,36-33-,45-42-. The van der Waals surface area contributed by atoms with Crippen LogP contribution in [0.15, 0.2) is 60.8 Å². The number of esters is 1. The number of aliphatic hydroxyl groups is 2. The van der Waals surface area contributed by atoms with E-state index >= 15 is 0 Å². The molecule has 0 aliphatic rings. The molecule has 69 heavy (non-hydrogen) atoms. The van der Waals surface area contributed by atoms with E-state index in [2.05, 4.69) is 86.8 Å². The Morgan fingerprint density at radius 1 is 0.435 bits per heavy atom. The molecule has 6 heteroatoms. The van der Waals surface area contributed by atoms with E-state index in [4.69, 9.17) is 4.74 Å². The van der Waals surface area contributed by atoms with Gasteiger partial charge in [-0.2, -0.15) is 0 Å². The predicted octanol–water partition coefficient (Wildman–Crippen LogP) is 18.7. The molecule has 0 bridgehead atoms. The van der Waals surface area contributed by atoms with Gasteiger partial charge in [-0.3, -0.25) is 9.59 Å². The Morgan fingerprint density at radius 3 is 1.16 bits per heavy atom. The lowest BCUT2D eigenvalue weighted by atomic mass is 10.0. The van der Waals surface area contributed by atoms with Gasteiger partial charge in [0.1, 0.15) is 6.10 Å². The van der Waals surface area contributed by atoms with Gasteiger partial charge in [-0.05, 0) is 64.2 Å². The van der Waals surface area contributed by atoms with E-state index in [1.807, 2.05) is 0 Å². The molecule has 0 saturated carbocycles. The first kappa shape index (κ1) is 66.6. The molecule has 402 valence electrons. The van der Waals surface area contributed by atoms with Gasteiger partial charge in [0.05, 0.1) is 25.2 Å². The van der Waals surface area contributed by atoms with Crippen molar-refractivity contribution in [1.82, 2.24) is 5.32 Å². The summed E-state index contributed by atoms with van der Waals surface area (Å²) in [5, 5.41) is 23.9. The number of hydrogen-bond donors (Lipinski definition) is 3. The summed E-state index contributed by atoms with van der Waals surface area (Å²) in [5.41, 5.74) is 0. The van der Waals surface area contributed by atoms with E-state index in [1.54, 1.807) is 0 Å². The summed E-state index contributed by atoms with van der Waals surface area (Å²) in [5.74, 6) is -0.517. The van der Waals surface area contributed by atoms with E-state index in [-0.39, 0.29) is 24.9 Å². The second-order valence-corrected chi connectivity index (χ2v) is 20.4. The van der Waals surface area contributed by atoms with Gasteiger partial charge in [-0.1, -0.05) is 287 Å². The SMILES string of the molecule is CC/C=C\C/C=C\C/C=C\C/C=C\C/C=C\CCCC(CC(=O)NC(CO)C(O)CCCCCCCCCCCCCCCCCCC)OC(=O)CCCCCCCCCCCCCCCCCC. The van der Waals surface area contributed by atoms with Crippen LogP contribution in [0.4, 0.5) is 0 Å². The van der Waals surface area contributed by atoms with E-state index in [0.29, 0.717) is 19.3 Å². The molecule has 0 saturated heterocycles. The second-order valence-electron chi connectivity index (χ2n) is 20.4. The lowest BCUT2D eigenvalue weighted by molar-refractivity contribution is -0.151. The molecule has 6 nitrogen and oxygen atoms in total. The van der Waals surface area contributed by atoms with Crippen LogP contribution in [0.5, 0.6) is 0 Å². The maximum absolute atomic E-state index is 13.3. The largest absolute Gasteiger partial charge is 0.462 e. The Labute approximate surface area is 428 Å². The van der Waals surface area contributed by atoms with Crippen molar-refractivity contribution in [3.05, 3.63) is 60.8 Å². The zero-order valence-electron chi connectivity index (χ0n) is 45.9. The summed E-state index contributed by atoms with van der Waals surface area (Å²) in [7, 11) is 0. The minimum Gasteiger partial charge on any atom is -0.462 e. The summed E-state index contributed by atoms with van der Waals surface area (Å²) in [6, 6.07) is -0.721. The van der Waals surface area contributed by atoms with Crippen molar-refractivity contribution in [2.45, 2.75) is 322 Å². The quantitative estimate of drug-likeness (QED) is 0.0321. The predicted molar refractivity (Wildman–Crippen MR) is 301 cm³/mol. The highest BCUT2D eigenvalue weighted by atomic mass is 16.5. The minimum atomic E-state index is -0.804. The Kier molecular flexibility index (Phi) is 54.5. The molecule has 0 rings (SSSR count). The monoisotopic (exact) mass is 966 g/mol. The van der Waals surface area contributed by atoms with E-state index in [1.165, 1.54) is 173 Å². The van der Waals surface area contributed by atoms with Gasteiger partial charge in [0, 0.05) is 6.42 Å². The molecule has 0 aliphatic carbocycles. The Morgan fingerprint density at radius 2 is 0.783 bits per heavy atom. The summed E-state index contributed by atoms with van der Waals surface area (Å²) in [4.78, 5) is 26.3. The lowest BCUT2D eigenvalue weighted by Gasteiger charge is -2.24. The fourth-order valence-electron chi connectivity index (χ4n) is 9.11. The van der Waals surface area contributed by atoms with Gasteiger partial charge in [0.15, 0.2) is 0 Å². The van der Waals surface area contributed by atoms with Crippen molar-refractivity contribution in [2.75, 3.05) is 6.61 Å². The molecule has 0 radical (unpaired) electrons. The Bertz CT molecular complexity index is 1220. The van der Waals surface area contributed by atoms with Crippen LogP contribution in [0.1, 0.15) is 303 Å². The van der Waals surface area contributed by atoms with Crippen LogP contribution in [0, 0.1) is 0 Å². The topological polar surface area (TPSA) is 95.9 Å². The van der Waals surface area contributed by atoms with Crippen molar-refractivity contribution in [1.29, 1.82) is 0 Å². The van der Waals surface area contributed by atoms with Crippen LogP contribution in [0.25, 0.3) is 0 Å². The maximum Gasteiger partial charge on any atom is 0.306 e. The molecule has 0 fully saturated rings. The summed E-state index contributed by atoms with van der Waals surface area (Å²) in [6.07, 6.45) is 71.5. The van der Waals surface area contributed by atoms with E-state index in [0.717, 1.165) is 83.5 Å². The number of hydrogen-bond acceptors (Lipinski definition) is 5. The maximum atomic E-state index is 13.3. The third-order valence-corrected chi connectivity index (χ3v) is 13.6. The highest BCUT2D eigenvalue weighted by molar-refractivity contribution is 5.77. The summed E-state index contributed by atoms with van der Waals surface area (Å²) < 4.78 is 5.94. The molecule has 0 aromatic rings. The van der Waals surface area contributed by atoms with Gasteiger partial charge >= 0.3 is 5.97 Å². The first-order chi connectivity index (χ1) is 34.0. The number of carbonyl (C=O) groups excluding carboxylic acids is 2. The molecule has 0 spiro atoms. The third-order valence-electron chi connectivity index (χ3n) is 13.6. The third kappa shape index (κ3) is 51.7. The molecule has 1 amide bonds. The van der Waals surface area contributed by atoms with Crippen LogP contribution >= 0.6 is 0 Å². The lowest BCUT2D eigenvalue weighted by Crippen LogP contribution is -2.46. The first-order valence-electron chi connectivity index (χ1n) is 30.0. The van der Waals surface area contributed by atoms with Crippen LogP contribution < -0.4 is 5.32 Å². The van der Waals surface area contributed by atoms with Crippen molar-refractivity contribution in [3.8, 4) is 0 Å². The molecule has 0 heterocycles. The molecule has 0 aromatic heterocycles. The van der Waals surface area contributed by atoms with E-state index in [9.17, 15) is 19.8 Å². The zero-order valence-corrected chi connectivity index (χ0v) is 45.9. The van der Waals surface area contributed by atoms with Gasteiger partial charge < -0.3 is 20.3 Å². The Balaban J connectivity index is 4.61. The number of amides is 1. The highest BCUT2D eigenvalue weighted by Crippen LogP contribution is 2.18. The average molecular weight is 967 g/mol. The van der Waals surface area contributed by atoms with Crippen molar-refractivity contribution < 1.29 is 24.5 Å². The minimum absolute atomic E-state index is 0.0404. The summed E-state index contributed by atoms with van der Waals surface area (Å²) >= 11 is 0. The van der Waals surface area contributed by atoms with Crippen LogP contribution in [0.2, 0.25) is 0 Å². The number of allylic oxidation sites excluding steroid dienone is 10. The second kappa shape index (κ2) is 56.5. The van der Waals surface area contributed by atoms with Gasteiger partial charge in [0.2, 0.25) is 5.91 Å². The molecule has 3 atom stereocenters. The molecule has 3 unspecified atom stereocenters. The van der Waals surface area contributed by atoms with Crippen LogP contribution in [-0.4, -0.2) is 46.9 Å². The molecule has 0 aromatic carbocycles. The number of carbonyl (C=O) groups is 2. The van der Waals surface area contributed by atoms with Gasteiger partial charge in [-0.25, -0.2) is 0 Å². The van der Waals surface area contributed by atoms with Crippen LogP contribution in [0.3, 0.4) is 0 Å². The molecular weight excluding hydrogens is 851 g/mol. The van der Waals surface area contributed by atoms with Crippen LogP contribution in [-0.2, 0) is 14.3 Å². The number of rotatable bonds is 54. The molecule has 0 aliphatic heterocycles. The summed E-state index contributed by atoms with van der Waals surface area (Å²) in [6.45, 7) is 6.39. The zero-order chi connectivity index (χ0) is 50.2. The molecule has 3 N–H and O–H groups in total. The first-order valence-corrected chi connectivity index (χ1v) is 30.0. The number of unbranched alkanes of at least 4 members (excludes halogenated alkanes) is 32.